The number of esters is 2. The fraction of sp³-hybridized carbons (Fsp3) is 0.385. The highest BCUT2D eigenvalue weighted by Gasteiger charge is 2.29. The molecule has 0 saturated carbocycles. The quantitative estimate of drug-likeness (QED) is 0.250. The van der Waals surface area contributed by atoms with Crippen molar-refractivity contribution in [2.24, 2.45) is 10.2 Å². The minimum atomic E-state index is -1.56. The van der Waals surface area contributed by atoms with Gasteiger partial charge < -0.3 is 9.47 Å². The zero-order valence-corrected chi connectivity index (χ0v) is 12.1. The van der Waals surface area contributed by atoms with Gasteiger partial charge in [-0.3, -0.25) is 10.1 Å². The summed E-state index contributed by atoms with van der Waals surface area (Å²) in [5.41, 5.74) is -0.0481. The van der Waals surface area contributed by atoms with Crippen molar-refractivity contribution in [2.75, 3.05) is 13.2 Å². The molecule has 1 aromatic rings. The molecular weight excluding hydrogens is 294 g/mol. The Morgan fingerprint density at radius 3 is 2.32 bits per heavy atom. The molecule has 9 heteroatoms. The van der Waals surface area contributed by atoms with Crippen LogP contribution in [0, 0.1) is 10.1 Å². The largest absolute Gasteiger partial charge is 0.464 e. The van der Waals surface area contributed by atoms with Gasteiger partial charge in [0.25, 0.3) is 11.7 Å². The van der Waals surface area contributed by atoms with Crippen LogP contribution in [0.3, 0.4) is 0 Å². The maximum atomic E-state index is 11.7. The van der Waals surface area contributed by atoms with E-state index in [4.69, 9.17) is 9.47 Å². The van der Waals surface area contributed by atoms with Crippen LogP contribution in [-0.2, 0) is 19.1 Å². The van der Waals surface area contributed by atoms with E-state index in [0.29, 0.717) is 0 Å². The topological polar surface area (TPSA) is 120 Å². The normalized spacial score (nSPS) is 10.7. The predicted molar refractivity (Wildman–Crippen MR) is 74.7 cm³/mol. The van der Waals surface area contributed by atoms with Crippen LogP contribution in [0.25, 0.3) is 0 Å². The lowest BCUT2D eigenvalue weighted by atomic mass is 10.3. The van der Waals surface area contributed by atoms with Crippen LogP contribution >= 0.6 is 0 Å². The van der Waals surface area contributed by atoms with Gasteiger partial charge >= 0.3 is 11.9 Å². The van der Waals surface area contributed by atoms with E-state index in [2.05, 4.69) is 10.2 Å². The summed E-state index contributed by atoms with van der Waals surface area (Å²) in [4.78, 5) is 33.4. The van der Waals surface area contributed by atoms with Crippen LogP contribution in [-0.4, -0.2) is 36.1 Å². The third-order valence-electron chi connectivity index (χ3n) is 2.35. The lowest BCUT2D eigenvalue weighted by Crippen LogP contribution is -2.31. The third-order valence-corrected chi connectivity index (χ3v) is 2.35. The fourth-order valence-electron chi connectivity index (χ4n) is 1.43. The number of azo groups is 1. The second-order valence-electron chi connectivity index (χ2n) is 3.90. The van der Waals surface area contributed by atoms with Crippen LogP contribution in [0.4, 0.5) is 11.4 Å². The van der Waals surface area contributed by atoms with Gasteiger partial charge in [0.2, 0.25) is 0 Å². The predicted octanol–water partition coefficient (Wildman–Crippen LogP) is 2.17. The van der Waals surface area contributed by atoms with Crippen LogP contribution in [0.15, 0.2) is 34.5 Å². The van der Waals surface area contributed by atoms with E-state index in [1.165, 1.54) is 18.2 Å². The van der Waals surface area contributed by atoms with Gasteiger partial charge in [0.15, 0.2) is 0 Å². The van der Waals surface area contributed by atoms with Gasteiger partial charge in [-0.2, -0.15) is 10.2 Å². The summed E-state index contributed by atoms with van der Waals surface area (Å²) in [6.07, 6.45) is 0. The molecule has 9 nitrogen and oxygen atoms in total. The van der Waals surface area contributed by atoms with Crippen molar-refractivity contribution in [2.45, 2.75) is 19.9 Å². The van der Waals surface area contributed by atoms with E-state index in [9.17, 15) is 19.7 Å². The maximum Gasteiger partial charge on any atom is 0.344 e. The first-order valence-corrected chi connectivity index (χ1v) is 6.48. The molecule has 22 heavy (non-hydrogen) atoms. The molecule has 0 amide bonds. The van der Waals surface area contributed by atoms with Crippen molar-refractivity contribution in [3.8, 4) is 0 Å². The number of nitro benzene ring substituents is 1. The lowest BCUT2D eigenvalue weighted by molar-refractivity contribution is -0.384. The standard InChI is InChI=1S/C13H15N3O6/c1-3-21-12(17)11(13(18)22-4-2)15-14-9-6-5-7-10(8-9)16(19)20/h5-8,11H,3-4H2,1-2H3. The van der Waals surface area contributed by atoms with Gasteiger partial charge in [-0.25, -0.2) is 9.59 Å². The number of carbonyl (C=O) groups is 2. The number of carbonyl (C=O) groups excluding carboxylic acids is 2. The SMILES string of the molecule is CCOC(=O)C(N=Nc1cccc([N+](=O)[O-])c1)C(=O)OCC. The Morgan fingerprint density at radius 1 is 1.23 bits per heavy atom. The van der Waals surface area contributed by atoms with Crippen molar-refractivity contribution in [1.29, 1.82) is 0 Å². The Hall–Kier alpha value is -2.84. The van der Waals surface area contributed by atoms with Crippen LogP contribution in [0.5, 0.6) is 0 Å². The molecule has 0 fully saturated rings. The monoisotopic (exact) mass is 309 g/mol. The van der Waals surface area contributed by atoms with E-state index in [0.717, 1.165) is 6.07 Å². The number of hydrogen-bond acceptors (Lipinski definition) is 8. The summed E-state index contributed by atoms with van der Waals surface area (Å²) in [6.45, 7) is 3.30. The zero-order chi connectivity index (χ0) is 16.5. The Morgan fingerprint density at radius 2 is 1.82 bits per heavy atom. The molecule has 0 radical (unpaired) electrons. The molecule has 0 aromatic heterocycles. The molecule has 118 valence electrons. The van der Waals surface area contributed by atoms with Gasteiger partial charge in [0.1, 0.15) is 0 Å². The zero-order valence-electron chi connectivity index (χ0n) is 12.1. The molecule has 0 aliphatic heterocycles. The number of rotatable bonds is 7. The molecule has 0 aliphatic carbocycles. The molecule has 0 bridgehead atoms. The number of hydrogen-bond donors (Lipinski definition) is 0. The third kappa shape index (κ3) is 4.93. The van der Waals surface area contributed by atoms with Gasteiger partial charge in [-0.15, -0.1) is 0 Å². The summed E-state index contributed by atoms with van der Waals surface area (Å²) in [5.74, 6) is -1.79. The fourth-order valence-corrected chi connectivity index (χ4v) is 1.43. The number of nitro groups is 1. The molecule has 0 aliphatic rings. The van der Waals surface area contributed by atoms with Gasteiger partial charge in [0, 0.05) is 12.1 Å². The Kier molecular flexibility index (Phi) is 6.61. The van der Waals surface area contributed by atoms with Crippen molar-refractivity contribution >= 4 is 23.3 Å². The first-order chi connectivity index (χ1) is 10.5. The Balaban J connectivity index is 2.97. The molecule has 1 rings (SSSR count). The smallest absolute Gasteiger partial charge is 0.344 e. The van der Waals surface area contributed by atoms with Crippen molar-refractivity contribution < 1.29 is 24.0 Å². The van der Waals surface area contributed by atoms with E-state index in [1.807, 2.05) is 0 Å². The van der Waals surface area contributed by atoms with Crippen LogP contribution in [0.2, 0.25) is 0 Å². The number of benzene rings is 1. The van der Waals surface area contributed by atoms with Crippen molar-refractivity contribution in [3.63, 3.8) is 0 Å². The Bertz CT molecular complexity index is 569. The van der Waals surface area contributed by atoms with E-state index in [-0.39, 0.29) is 24.6 Å². The maximum absolute atomic E-state index is 11.7. The van der Waals surface area contributed by atoms with Gasteiger partial charge in [-0.05, 0) is 19.9 Å². The molecule has 0 unspecified atom stereocenters. The first-order valence-electron chi connectivity index (χ1n) is 6.48. The van der Waals surface area contributed by atoms with Crippen LogP contribution < -0.4 is 0 Å². The first kappa shape index (κ1) is 17.2. The minimum absolute atomic E-state index is 0.0705. The van der Waals surface area contributed by atoms with E-state index >= 15 is 0 Å². The highest BCUT2D eigenvalue weighted by Crippen LogP contribution is 2.20. The van der Waals surface area contributed by atoms with Gasteiger partial charge in [-0.1, -0.05) is 6.07 Å². The molecule has 1 aromatic carbocycles. The highest BCUT2D eigenvalue weighted by molar-refractivity contribution is 5.99. The lowest BCUT2D eigenvalue weighted by Gasteiger charge is -2.09. The van der Waals surface area contributed by atoms with Crippen molar-refractivity contribution in [3.05, 3.63) is 34.4 Å². The van der Waals surface area contributed by atoms with Crippen LogP contribution in [0.1, 0.15) is 13.8 Å². The van der Waals surface area contributed by atoms with E-state index < -0.39 is 22.9 Å². The minimum Gasteiger partial charge on any atom is -0.464 e. The second kappa shape index (κ2) is 8.45. The molecular formula is C13H15N3O6. The average molecular weight is 309 g/mol. The van der Waals surface area contributed by atoms with Crippen molar-refractivity contribution in [1.82, 2.24) is 0 Å². The summed E-state index contributed by atoms with van der Waals surface area (Å²) in [6, 6.07) is 3.75. The average Bonchev–Trinajstić information content (AvgIpc) is 2.48. The van der Waals surface area contributed by atoms with E-state index in [1.54, 1.807) is 13.8 Å². The molecule has 0 atom stereocenters. The second-order valence-corrected chi connectivity index (χ2v) is 3.90. The number of nitrogens with zero attached hydrogens (tertiary/aromatic N) is 3. The number of ether oxygens (including phenoxy) is 2. The molecule has 0 N–H and O–H groups in total. The number of non-ortho nitro benzene ring substituents is 1. The molecule has 0 heterocycles. The summed E-state index contributed by atoms with van der Waals surface area (Å²) >= 11 is 0. The molecule has 0 saturated heterocycles. The van der Waals surface area contributed by atoms with Gasteiger partial charge in [0.05, 0.1) is 23.8 Å². The Labute approximate surface area is 126 Å². The summed E-state index contributed by atoms with van der Waals surface area (Å²) < 4.78 is 9.44. The molecule has 0 spiro atoms. The summed E-state index contributed by atoms with van der Waals surface area (Å²) in [5, 5.41) is 17.9. The highest BCUT2D eigenvalue weighted by atomic mass is 16.6. The summed E-state index contributed by atoms with van der Waals surface area (Å²) in [7, 11) is 0.